The molecule has 2 N–H and O–H groups in total. The third-order valence-electron chi connectivity index (χ3n) is 3.72. The van der Waals surface area contributed by atoms with E-state index in [1.165, 1.54) is 23.9 Å². The minimum Gasteiger partial charge on any atom is -0.310 e. The molecule has 3 heterocycles. The highest BCUT2D eigenvalue weighted by Gasteiger charge is 2.13. The van der Waals surface area contributed by atoms with Crippen molar-refractivity contribution in [2.24, 2.45) is 0 Å². The molecule has 0 radical (unpaired) electrons. The van der Waals surface area contributed by atoms with E-state index in [0.717, 1.165) is 10.6 Å². The van der Waals surface area contributed by atoms with Crippen molar-refractivity contribution < 1.29 is 9.18 Å². The number of anilines is 1. The lowest BCUT2D eigenvalue weighted by Crippen LogP contribution is -2.17. The fourth-order valence-corrected chi connectivity index (χ4v) is 3.77. The highest BCUT2D eigenvalue weighted by atomic mass is 32.2. The second-order valence-corrected chi connectivity index (χ2v) is 7.73. The van der Waals surface area contributed by atoms with Crippen molar-refractivity contribution in [3.63, 3.8) is 0 Å². The van der Waals surface area contributed by atoms with Crippen LogP contribution in [0.25, 0.3) is 16.4 Å². The lowest BCUT2D eigenvalue weighted by atomic mass is 10.3. The molecule has 0 atom stereocenters. The first-order valence-corrected chi connectivity index (χ1v) is 10.2. The molecule has 28 heavy (non-hydrogen) atoms. The Morgan fingerprint density at radius 2 is 2.14 bits per heavy atom. The summed E-state index contributed by atoms with van der Waals surface area (Å²) in [6.07, 6.45) is 0. The standard InChI is InChI=1S/C18H15FN6OS2/c1-11-9-15(25(24-11)13-6-4-12(19)5-7-13)20-16(26)10-28-18-21-17(22-23-18)14-3-2-8-27-14/h2-9H,10H2,1H3,(H,20,26)(H,21,22,23). The molecule has 1 aromatic carbocycles. The molecule has 0 bridgehead atoms. The number of rotatable bonds is 6. The van der Waals surface area contributed by atoms with Gasteiger partial charge in [0, 0.05) is 6.07 Å². The zero-order chi connectivity index (χ0) is 19.5. The summed E-state index contributed by atoms with van der Waals surface area (Å²) in [7, 11) is 0. The number of aromatic amines is 1. The number of carbonyl (C=O) groups is 1. The topological polar surface area (TPSA) is 88.5 Å². The molecule has 10 heteroatoms. The molecule has 0 spiro atoms. The number of aryl methyl sites for hydroxylation is 1. The quantitative estimate of drug-likeness (QED) is 0.467. The number of halogens is 1. The molecule has 1 amide bonds. The van der Waals surface area contributed by atoms with E-state index in [-0.39, 0.29) is 17.5 Å². The average Bonchev–Trinajstić information content (AvgIpc) is 3.41. The Kier molecular flexibility index (Phi) is 5.22. The zero-order valence-electron chi connectivity index (χ0n) is 14.7. The van der Waals surface area contributed by atoms with Crippen LogP contribution in [0.1, 0.15) is 5.69 Å². The predicted octanol–water partition coefficient (Wildman–Crippen LogP) is 3.90. The van der Waals surface area contributed by atoms with Gasteiger partial charge in [0.05, 0.1) is 22.0 Å². The first-order valence-electron chi connectivity index (χ1n) is 8.30. The number of hydrogen-bond acceptors (Lipinski definition) is 6. The van der Waals surface area contributed by atoms with Gasteiger partial charge < -0.3 is 5.32 Å². The first-order chi connectivity index (χ1) is 13.6. The number of aromatic nitrogens is 5. The van der Waals surface area contributed by atoms with E-state index in [1.54, 1.807) is 34.2 Å². The maximum atomic E-state index is 13.2. The predicted molar refractivity (Wildman–Crippen MR) is 107 cm³/mol. The molecule has 0 unspecified atom stereocenters. The summed E-state index contributed by atoms with van der Waals surface area (Å²) in [5, 5.41) is 16.7. The van der Waals surface area contributed by atoms with Gasteiger partial charge >= 0.3 is 0 Å². The van der Waals surface area contributed by atoms with E-state index in [0.29, 0.717) is 22.5 Å². The Balaban J connectivity index is 1.41. The van der Waals surface area contributed by atoms with Crippen LogP contribution in [-0.2, 0) is 4.79 Å². The lowest BCUT2D eigenvalue weighted by molar-refractivity contribution is -0.113. The van der Waals surface area contributed by atoms with Crippen LogP contribution in [0.3, 0.4) is 0 Å². The van der Waals surface area contributed by atoms with Gasteiger partial charge in [0.15, 0.2) is 5.82 Å². The molecule has 7 nitrogen and oxygen atoms in total. The first kappa shape index (κ1) is 18.4. The zero-order valence-corrected chi connectivity index (χ0v) is 16.4. The third kappa shape index (κ3) is 4.12. The molecule has 0 aliphatic heterocycles. The van der Waals surface area contributed by atoms with Gasteiger partial charge in [-0.3, -0.25) is 9.89 Å². The van der Waals surface area contributed by atoms with E-state index in [4.69, 9.17) is 0 Å². The molecule has 142 valence electrons. The number of nitrogens with one attached hydrogen (secondary N) is 2. The summed E-state index contributed by atoms with van der Waals surface area (Å²) in [4.78, 5) is 17.7. The van der Waals surface area contributed by atoms with Crippen LogP contribution in [0.5, 0.6) is 0 Å². The minimum absolute atomic E-state index is 0.148. The number of thioether (sulfide) groups is 1. The molecular formula is C18H15FN6OS2. The maximum absolute atomic E-state index is 13.2. The second-order valence-electron chi connectivity index (χ2n) is 5.84. The van der Waals surface area contributed by atoms with Crippen molar-refractivity contribution in [1.29, 1.82) is 0 Å². The maximum Gasteiger partial charge on any atom is 0.236 e. The number of H-pyrrole nitrogens is 1. The fourth-order valence-electron chi connectivity index (χ4n) is 2.51. The van der Waals surface area contributed by atoms with Gasteiger partial charge in [-0.15, -0.1) is 16.4 Å². The van der Waals surface area contributed by atoms with Gasteiger partial charge in [0.2, 0.25) is 11.1 Å². The van der Waals surface area contributed by atoms with Gasteiger partial charge in [-0.2, -0.15) is 5.10 Å². The second kappa shape index (κ2) is 7.95. The number of benzene rings is 1. The Labute approximate surface area is 168 Å². The summed E-state index contributed by atoms with van der Waals surface area (Å²) in [5.74, 6) is 0.806. The van der Waals surface area contributed by atoms with Gasteiger partial charge in [0.25, 0.3) is 0 Å². The van der Waals surface area contributed by atoms with E-state index in [9.17, 15) is 9.18 Å². The molecule has 3 aromatic heterocycles. The smallest absolute Gasteiger partial charge is 0.236 e. The van der Waals surface area contributed by atoms with Crippen LogP contribution < -0.4 is 5.32 Å². The summed E-state index contributed by atoms with van der Waals surface area (Å²) in [5.41, 5.74) is 1.40. The van der Waals surface area contributed by atoms with Crippen LogP contribution in [0, 0.1) is 12.7 Å². The van der Waals surface area contributed by atoms with Crippen molar-refractivity contribution in [3.8, 4) is 16.4 Å². The fraction of sp³-hybridized carbons (Fsp3) is 0.111. The van der Waals surface area contributed by atoms with E-state index in [1.807, 2.05) is 24.4 Å². The Bertz CT molecular complexity index is 1090. The monoisotopic (exact) mass is 414 g/mol. The number of thiophene rings is 1. The summed E-state index contributed by atoms with van der Waals surface area (Å²) in [6.45, 7) is 1.82. The Hall–Kier alpha value is -2.98. The van der Waals surface area contributed by atoms with Gasteiger partial charge in [-0.25, -0.2) is 14.1 Å². The van der Waals surface area contributed by atoms with Crippen LogP contribution in [0.2, 0.25) is 0 Å². The minimum atomic E-state index is -0.331. The van der Waals surface area contributed by atoms with E-state index in [2.05, 4.69) is 25.6 Å². The molecular weight excluding hydrogens is 399 g/mol. The van der Waals surface area contributed by atoms with Gasteiger partial charge in [-0.05, 0) is 42.6 Å². The van der Waals surface area contributed by atoms with E-state index >= 15 is 0 Å². The van der Waals surface area contributed by atoms with Crippen molar-refractivity contribution in [2.45, 2.75) is 12.1 Å². The van der Waals surface area contributed by atoms with E-state index < -0.39 is 0 Å². The molecule has 0 saturated carbocycles. The molecule has 4 aromatic rings. The van der Waals surface area contributed by atoms with Crippen LogP contribution in [0.4, 0.5) is 10.2 Å². The average molecular weight is 414 g/mol. The summed E-state index contributed by atoms with van der Waals surface area (Å²) >= 11 is 2.80. The normalized spacial score (nSPS) is 10.9. The van der Waals surface area contributed by atoms with Crippen LogP contribution >= 0.6 is 23.1 Å². The number of nitrogens with zero attached hydrogens (tertiary/aromatic N) is 4. The van der Waals surface area contributed by atoms with Crippen molar-refractivity contribution in [1.82, 2.24) is 25.0 Å². The number of hydrogen-bond donors (Lipinski definition) is 2. The Morgan fingerprint density at radius 3 is 2.89 bits per heavy atom. The molecule has 0 aliphatic carbocycles. The third-order valence-corrected chi connectivity index (χ3v) is 5.45. The molecule has 0 saturated heterocycles. The van der Waals surface area contributed by atoms with Crippen molar-refractivity contribution in [2.75, 3.05) is 11.1 Å². The van der Waals surface area contributed by atoms with Crippen molar-refractivity contribution >= 4 is 34.8 Å². The highest BCUT2D eigenvalue weighted by molar-refractivity contribution is 7.99. The summed E-state index contributed by atoms with van der Waals surface area (Å²) < 4.78 is 14.7. The van der Waals surface area contributed by atoms with Crippen LogP contribution in [-0.4, -0.2) is 36.6 Å². The number of carbonyl (C=O) groups excluding carboxylic acids is 1. The number of amides is 1. The molecule has 0 aliphatic rings. The SMILES string of the molecule is Cc1cc(NC(=O)CSc2n[nH]c(-c3cccs3)n2)n(-c2ccc(F)cc2)n1. The van der Waals surface area contributed by atoms with Crippen molar-refractivity contribution in [3.05, 3.63) is 59.4 Å². The van der Waals surface area contributed by atoms with Gasteiger partial charge in [-0.1, -0.05) is 17.8 Å². The van der Waals surface area contributed by atoms with Crippen LogP contribution in [0.15, 0.2) is 53.0 Å². The summed E-state index contributed by atoms with van der Waals surface area (Å²) in [6, 6.07) is 11.6. The highest BCUT2D eigenvalue weighted by Crippen LogP contribution is 2.23. The lowest BCUT2D eigenvalue weighted by Gasteiger charge is -2.08. The molecule has 4 rings (SSSR count). The van der Waals surface area contributed by atoms with Gasteiger partial charge in [0.1, 0.15) is 11.6 Å². The Morgan fingerprint density at radius 1 is 1.32 bits per heavy atom. The largest absolute Gasteiger partial charge is 0.310 e. The molecule has 0 fully saturated rings.